The Morgan fingerprint density at radius 2 is 2.00 bits per heavy atom. The minimum absolute atomic E-state index is 0. The highest BCUT2D eigenvalue weighted by atomic mass is 35.5. The molecule has 1 aliphatic heterocycles. The van der Waals surface area contributed by atoms with E-state index < -0.39 is 21.8 Å². The van der Waals surface area contributed by atoms with Gasteiger partial charge in [-0.1, -0.05) is 6.07 Å². The minimum atomic E-state index is -4.56. The van der Waals surface area contributed by atoms with Crippen LogP contribution in [0.25, 0.3) is 0 Å². The molecule has 21 heavy (non-hydrogen) atoms. The molecule has 9 heteroatoms. The van der Waals surface area contributed by atoms with Crippen LogP contribution in [0.2, 0.25) is 0 Å². The van der Waals surface area contributed by atoms with Gasteiger partial charge in [-0.3, -0.25) is 0 Å². The predicted molar refractivity (Wildman–Crippen MR) is 75.0 cm³/mol. The highest BCUT2D eigenvalue weighted by molar-refractivity contribution is 7.89. The van der Waals surface area contributed by atoms with E-state index in [0.717, 1.165) is 0 Å². The Labute approximate surface area is 127 Å². The monoisotopic (exact) mass is 344 g/mol. The van der Waals surface area contributed by atoms with Crippen LogP contribution in [0, 0.1) is 6.92 Å². The maximum Gasteiger partial charge on any atom is 0.416 e. The molecule has 0 aromatic heterocycles. The van der Waals surface area contributed by atoms with E-state index in [1.165, 1.54) is 19.1 Å². The summed E-state index contributed by atoms with van der Waals surface area (Å²) in [6.07, 6.45) is -3.94. The smallest absolute Gasteiger partial charge is 0.315 e. The lowest BCUT2D eigenvalue weighted by atomic mass is 10.1. The molecule has 0 amide bonds. The molecule has 1 fully saturated rings. The van der Waals surface area contributed by atoms with E-state index in [9.17, 15) is 21.6 Å². The van der Waals surface area contributed by atoms with Crippen molar-refractivity contribution in [3.05, 3.63) is 29.3 Å². The van der Waals surface area contributed by atoms with E-state index >= 15 is 0 Å². The number of benzene rings is 1. The van der Waals surface area contributed by atoms with Crippen molar-refractivity contribution in [2.45, 2.75) is 30.5 Å². The summed E-state index contributed by atoms with van der Waals surface area (Å²) in [5, 5.41) is 2.98. The number of halogens is 4. The molecule has 1 unspecified atom stereocenters. The van der Waals surface area contributed by atoms with Crippen LogP contribution in [0.1, 0.15) is 17.5 Å². The molecule has 1 saturated heterocycles. The molecule has 2 N–H and O–H groups in total. The summed E-state index contributed by atoms with van der Waals surface area (Å²) in [6.45, 7) is 2.47. The summed E-state index contributed by atoms with van der Waals surface area (Å²) in [7, 11) is -3.93. The Bertz CT molecular complexity index is 599. The van der Waals surface area contributed by atoms with E-state index in [1.807, 2.05) is 0 Å². The first kappa shape index (κ1) is 18.2. The standard InChI is InChI=1S/C12H15F3N2O2S.ClH/c1-8-2-3-10(6-11(8)12(13,14)15)20(18,19)17-9-4-5-16-7-9;/h2-3,6,9,16-17H,4-5,7H2,1H3;1H. The molecule has 2 rings (SSSR count). The molecule has 0 bridgehead atoms. The minimum Gasteiger partial charge on any atom is -0.315 e. The fraction of sp³-hybridized carbons (Fsp3) is 0.500. The van der Waals surface area contributed by atoms with E-state index in [2.05, 4.69) is 10.0 Å². The van der Waals surface area contributed by atoms with Gasteiger partial charge in [-0.2, -0.15) is 13.2 Å². The second-order valence-corrected chi connectivity index (χ2v) is 6.50. The molecular weight excluding hydrogens is 329 g/mol. The summed E-state index contributed by atoms with van der Waals surface area (Å²) in [5.41, 5.74) is -0.927. The zero-order valence-corrected chi connectivity index (χ0v) is 12.8. The Morgan fingerprint density at radius 3 is 2.52 bits per heavy atom. The predicted octanol–water partition coefficient (Wildman–Crippen LogP) is 2.08. The van der Waals surface area contributed by atoms with Crippen molar-refractivity contribution in [2.24, 2.45) is 0 Å². The van der Waals surface area contributed by atoms with E-state index in [1.54, 1.807) is 0 Å². The van der Waals surface area contributed by atoms with Crippen molar-refractivity contribution in [3.8, 4) is 0 Å². The topological polar surface area (TPSA) is 58.2 Å². The number of hydrogen-bond donors (Lipinski definition) is 2. The van der Waals surface area contributed by atoms with E-state index in [4.69, 9.17) is 0 Å². The molecular formula is C12H16ClF3N2O2S. The van der Waals surface area contributed by atoms with Gasteiger partial charge in [0.2, 0.25) is 10.0 Å². The SMILES string of the molecule is Cc1ccc(S(=O)(=O)NC2CCNC2)cc1C(F)(F)F.Cl. The lowest BCUT2D eigenvalue weighted by molar-refractivity contribution is -0.138. The third-order valence-corrected chi connectivity index (χ3v) is 4.73. The van der Waals surface area contributed by atoms with E-state index in [-0.39, 0.29) is 28.9 Å². The van der Waals surface area contributed by atoms with Gasteiger partial charge >= 0.3 is 6.18 Å². The van der Waals surface area contributed by atoms with Gasteiger partial charge in [-0.25, -0.2) is 13.1 Å². The molecule has 120 valence electrons. The quantitative estimate of drug-likeness (QED) is 0.882. The van der Waals surface area contributed by atoms with Crippen molar-refractivity contribution in [3.63, 3.8) is 0 Å². The van der Waals surface area contributed by atoms with Crippen LogP contribution in [0.15, 0.2) is 23.1 Å². The van der Waals surface area contributed by atoms with Crippen molar-refractivity contribution < 1.29 is 21.6 Å². The summed E-state index contributed by atoms with van der Waals surface area (Å²) >= 11 is 0. The van der Waals surface area contributed by atoms with E-state index in [0.29, 0.717) is 25.6 Å². The van der Waals surface area contributed by atoms with Crippen LogP contribution < -0.4 is 10.0 Å². The van der Waals surface area contributed by atoms with Crippen molar-refractivity contribution in [1.82, 2.24) is 10.0 Å². The van der Waals surface area contributed by atoms with Gasteiger partial charge in [0.25, 0.3) is 0 Å². The molecule has 0 spiro atoms. The summed E-state index contributed by atoms with van der Waals surface area (Å²) in [5.74, 6) is 0. The zero-order chi connectivity index (χ0) is 15.0. The number of aryl methyl sites for hydroxylation is 1. The summed E-state index contributed by atoms with van der Waals surface area (Å²) in [4.78, 5) is -0.359. The first-order valence-corrected chi connectivity index (χ1v) is 7.59. The maximum atomic E-state index is 12.8. The van der Waals surface area contributed by atoms with Crippen LogP contribution in [0.3, 0.4) is 0 Å². The fourth-order valence-corrected chi connectivity index (χ4v) is 3.41. The Balaban J connectivity index is 0.00000220. The number of alkyl halides is 3. The molecule has 1 aromatic rings. The second-order valence-electron chi connectivity index (χ2n) is 4.79. The van der Waals surface area contributed by atoms with Crippen molar-refractivity contribution >= 4 is 22.4 Å². The molecule has 0 aliphatic carbocycles. The molecule has 1 atom stereocenters. The number of nitrogens with one attached hydrogen (secondary N) is 2. The molecule has 0 radical (unpaired) electrons. The number of rotatable bonds is 3. The fourth-order valence-electron chi connectivity index (χ4n) is 2.12. The van der Waals surface area contributed by atoms with Crippen LogP contribution in [-0.4, -0.2) is 27.5 Å². The van der Waals surface area contributed by atoms with Crippen LogP contribution in [0.4, 0.5) is 13.2 Å². The first-order chi connectivity index (χ1) is 9.20. The third kappa shape index (κ3) is 4.32. The van der Waals surface area contributed by atoms with Gasteiger partial charge in [0.15, 0.2) is 0 Å². The lowest BCUT2D eigenvalue weighted by Gasteiger charge is -2.15. The Kier molecular flexibility index (Phi) is 5.65. The van der Waals surface area contributed by atoms with Crippen molar-refractivity contribution in [2.75, 3.05) is 13.1 Å². The Morgan fingerprint density at radius 1 is 1.33 bits per heavy atom. The Hall–Kier alpha value is -0.830. The molecule has 1 aliphatic rings. The van der Waals surface area contributed by atoms with Gasteiger partial charge < -0.3 is 5.32 Å². The molecule has 1 heterocycles. The average Bonchev–Trinajstić information content (AvgIpc) is 2.79. The van der Waals surface area contributed by atoms with Gasteiger partial charge in [0.05, 0.1) is 10.5 Å². The highest BCUT2D eigenvalue weighted by Crippen LogP contribution is 2.33. The summed E-state index contributed by atoms with van der Waals surface area (Å²) in [6, 6.07) is 2.76. The second kappa shape index (κ2) is 6.51. The van der Waals surface area contributed by atoms with Crippen LogP contribution in [-0.2, 0) is 16.2 Å². The summed E-state index contributed by atoms with van der Waals surface area (Å²) < 4.78 is 64.9. The number of hydrogen-bond acceptors (Lipinski definition) is 3. The van der Waals surface area contributed by atoms with Crippen LogP contribution >= 0.6 is 12.4 Å². The maximum absolute atomic E-state index is 12.8. The molecule has 1 aromatic carbocycles. The van der Waals surface area contributed by atoms with Gasteiger partial charge in [0.1, 0.15) is 0 Å². The average molecular weight is 345 g/mol. The van der Waals surface area contributed by atoms with Gasteiger partial charge in [-0.15, -0.1) is 12.4 Å². The molecule has 4 nitrogen and oxygen atoms in total. The van der Waals surface area contributed by atoms with Gasteiger partial charge in [0, 0.05) is 12.6 Å². The third-order valence-electron chi connectivity index (χ3n) is 3.21. The normalized spacial score (nSPS) is 19.3. The van der Waals surface area contributed by atoms with Crippen LogP contribution in [0.5, 0.6) is 0 Å². The lowest BCUT2D eigenvalue weighted by Crippen LogP contribution is -2.36. The number of sulfonamides is 1. The zero-order valence-electron chi connectivity index (χ0n) is 11.2. The first-order valence-electron chi connectivity index (χ1n) is 6.11. The van der Waals surface area contributed by atoms with Gasteiger partial charge in [-0.05, 0) is 37.6 Å². The largest absolute Gasteiger partial charge is 0.416 e. The van der Waals surface area contributed by atoms with Crippen molar-refractivity contribution in [1.29, 1.82) is 0 Å². The highest BCUT2D eigenvalue weighted by Gasteiger charge is 2.34. The molecule has 0 saturated carbocycles.